The van der Waals surface area contributed by atoms with Gasteiger partial charge in [0.1, 0.15) is 5.69 Å². The highest BCUT2D eigenvalue weighted by Gasteiger charge is 2.24. The van der Waals surface area contributed by atoms with Gasteiger partial charge in [0.2, 0.25) is 5.82 Å². The van der Waals surface area contributed by atoms with Crippen LogP contribution >= 0.6 is 11.6 Å². The van der Waals surface area contributed by atoms with Crippen LogP contribution in [0.5, 0.6) is 0 Å². The summed E-state index contributed by atoms with van der Waals surface area (Å²) in [6.07, 6.45) is 1.78. The number of fused-ring (bicyclic) bond motifs is 1. The largest absolute Gasteiger partial charge is 0.357 e. The summed E-state index contributed by atoms with van der Waals surface area (Å²) in [7, 11) is 1.64. The Morgan fingerprint density at radius 2 is 2.23 bits per heavy atom. The molecule has 0 atom stereocenters. The van der Waals surface area contributed by atoms with Gasteiger partial charge in [-0.05, 0) is 19.1 Å². The number of nitrogens with zero attached hydrogens (tertiary/aromatic N) is 6. The van der Waals surface area contributed by atoms with E-state index in [1.54, 1.807) is 36.7 Å². The Kier molecular flexibility index (Phi) is 3.41. The normalized spacial score (nSPS) is 11.0. The van der Waals surface area contributed by atoms with Crippen LogP contribution in [0.1, 0.15) is 11.5 Å². The third kappa shape index (κ3) is 2.25. The summed E-state index contributed by atoms with van der Waals surface area (Å²) in [5.41, 5.74) is 0.843. The predicted octanol–water partition coefficient (Wildman–Crippen LogP) is 1.94. The minimum Gasteiger partial charge on any atom is -0.357 e. The zero-order valence-electron chi connectivity index (χ0n) is 11.8. The Balaban J connectivity index is 1.92. The van der Waals surface area contributed by atoms with Crippen LogP contribution in [0.15, 0.2) is 18.3 Å². The molecule has 9 nitrogen and oxygen atoms in total. The van der Waals surface area contributed by atoms with E-state index in [9.17, 15) is 10.1 Å². The summed E-state index contributed by atoms with van der Waals surface area (Å²) in [5, 5.41) is 26.7. The maximum absolute atomic E-state index is 11.1. The van der Waals surface area contributed by atoms with Gasteiger partial charge in [-0.1, -0.05) is 11.6 Å². The molecule has 3 aromatic heterocycles. The first kappa shape index (κ1) is 14.3. The van der Waals surface area contributed by atoms with Crippen molar-refractivity contribution in [3.05, 3.63) is 45.0 Å². The van der Waals surface area contributed by atoms with Gasteiger partial charge in [-0.25, -0.2) is 4.68 Å². The quantitative estimate of drug-likeness (QED) is 0.582. The second-order valence-electron chi connectivity index (χ2n) is 4.68. The lowest BCUT2D eigenvalue weighted by Gasteiger charge is -2.05. The Hall–Kier alpha value is -2.68. The number of hydrogen-bond acceptors (Lipinski definition) is 6. The molecule has 0 bridgehead atoms. The number of aryl methyl sites for hydroxylation is 2. The van der Waals surface area contributed by atoms with Crippen molar-refractivity contribution in [2.45, 2.75) is 13.5 Å². The van der Waals surface area contributed by atoms with E-state index < -0.39 is 4.92 Å². The molecule has 114 valence electrons. The smallest absolute Gasteiger partial charge is 0.333 e. The zero-order valence-corrected chi connectivity index (χ0v) is 12.6. The summed E-state index contributed by atoms with van der Waals surface area (Å²) in [6, 6.07) is 3.50. The molecule has 0 radical (unpaired) electrons. The number of nitro groups is 1. The molecule has 1 N–H and O–H groups in total. The van der Waals surface area contributed by atoms with Crippen LogP contribution in [0.3, 0.4) is 0 Å². The lowest BCUT2D eigenvalue weighted by Crippen LogP contribution is -2.09. The van der Waals surface area contributed by atoms with Gasteiger partial charge in [-0.15, -0.1) is 10.2 Å². The van der Waals surface area contributed by atoms with Crippen molar-refractivity contribution >= 4 is 28.8 Å². The van der Waals surface area contributed by atoms with Crippen molar-refractivity contribution < 1.29 is 4.92 Å². The van der Waals surface area contributed by atoms with E-state index in [1.165, 1.54) is 4.68 Å². The molecule has 0 aliphatic rings. The zero-order chi connectivity index (χ0) is 15.9. The highest BCUT2D eigenvalue weighted by atomic mass is 35.5. The van der Waals surface area contributed by atoms with Crippen LogP contribution in [-0.2, 0) is 13.6 Å². The van der Waals surface area contributed by atoms with Gasteiger partial charge in [-0.2, -0.15) is 5.10 Å². The molecule has 0 fully saturated rings. The van der Waals surface area contributed by atoms with Crippen molar-refractivity contribution in [3.63, 3.8) is 0 Å². The Morgan fingerprint density at radius 3 is 2.95 bits per heavy atom. The fourth-order valence-corrected chi connectivity index (χ4v) is 2.48. The van der Waals surface area contributed by atoms with E-state index in [4.69, 9.17) is 11.6 Å². The second-order valence-corrected chi connectivity index (χ2v) is 5.09. The fraction of sp³-hybridized carbons (Fsp3) is 0.250. The van der Waals surface area contributed by atoms with Gasteiger partial charge >= 0.3 is 5.69 Å². The number of nitrogens with one attached hydrogen (secondary N) is 1. The number of halogens is 1. The molecule has 3 rings (SSSR count). The number of rotatable bonds is 4. The maximum Gasteiger partial charge on any atom is 0.333 e. The van der Waals surface area contributed by atoms with Crippen molar-refractivity contribution in [2.75, 3.05) is 5.32 Å². The summed E-state index contributed by atoms with van der Waals surface area (Å²) < 4.78 is 3.16. The van der Waals surface area contributed by atoms with Crippen molar-refractivity contribution in [1.29, 1.82) is 0 Å². The molecule has 0 spiro atoms. The van der Waals surface area contributed by atoms with Gasteiger partial charge < -0.3 is 5.32 Å². The molecule has 0 saturated carbocycles. The first-order chi connectivity index (χ1) is 10.5. The van der Waals surface area contributed by atoms with Crippen LogP contribution in [0.2, 0.25) is 5.02 Å². The predicted molar refractivity (Wildman–Crippen MR) is 79.9 cm³/mol. The van der Waals surface area contributed by atoms with Crippen molar-refractivity contribution in [2.24, 2.45) is 7.05 Å². The SMILES string of the molecule is Cc1nn(C)c(NCc2nnc3c(Cl)cccn23)c1[N+](=O)[O-]. The van der Waals surface area contributed by atoms with Crippen molar-refractivity contribution in [1.82, 2.24) is 24.4 Å². The van der Waals surface area contributed by atoms with E-state index in [0.717, 1.165) is 0 Å². The van der Waals surface area contributed by atoms with Crippen LogP contribution in [0, 0.1) is 17.0 Å². The summed E-state index contributed by atoms with van der Waals surface area (Å²) in [4.78, 5) is 10.7. The van der Waals surface area contributed by atoms with Gasteiger partial charge in [0, 0.05) is 13.2 Å². The van der Waals surface area contributed by atoms with E-state index in [0.29, 0.717) is 28.0 Å². The van der Waals surface area contributed by atoms with E-state index in [1.807, 2.05) is 0 Å². The minimum absolute atomic E-state index is 0.0469. The second kappa shape index (κ2) is 5.26. The first-order valence-electron chi connectivity index (χ1n) is 6.39. The van der Waals surface area contributed by atoms with E-state index in [-0.39, 0.29) is 12.2 Å². The molecular weight excluding hydrogens is 310 g/mol. The van der Waals surface area contributed by atoms with Gasteiger partial charge in [0.05, 0.1) is 16.5 Å². The maximum atomic E-state index is 11.1. The molecule has 0 aliphatic carbocycles. The monoisotopic (exact) mass is 321 g/mol. The summed E-state index contributed by atoms with van der Waals surface area (Å²) >= 11 is 6.04. The highest BCUT2D eigenvalue weighted by Crippen LogP contribution is 2.27. The summed E-state index contributed by atoms with van der Waals surface area (Å²) in [5.74, 6) is 0.909. The molecule has 0 amide bonds. The molecule has 22 heavy (non-hydrogen) atoms. The van der Waals surface area contributed by atoms with Crippen LogP contribution in [0.4, 0.5) is 11.5 Å². The van der Waals surface area contributed by atoms with Crippen LogP contribution in [-0.4, -0.2) is 29.3 Å². The molecule has 3 aromatic rings. The standard InChI is InChI=1S/C12H12ClN7O2/c1-7-10(20(21)22)12(18(2)17-7)14-6-9-15-16-11-8(13)4-3-5-19(9)11/h3-5,14H,6H2,1-2H3. The third-order valence-electron chi connectivity index (χ3n) is 3.24. The average Bonchev–Trinajstić information content (AvgIpc) is 2.98. The molecule has 0 aromatic carbocycles. The lowest BCUT2D eigenvalue weighted by molar-refractivity contribution is -0.384. The summed E-state index contributed by atoms with van der Waals surface area (Å²) in [6.45, 7) is 1.84. The lowest BCUT2D eigenvalue weighted by atomic mass is 10.4. The van der Waals surface area contributed by atoms with Gasteiger partial charge in [-0.3, -0.25) is 14.5 Å². The fourth-order valence-electron chi connectivity index (χ4n) is 2.28. The Labute approximate surface area is 129 Å². The Morgan fingerprint density at radius 1 is 1.45 bits per heavy atom. The average molecular weight is 322 g/mol. The van der Waals surface area contributed by atoms with Gasteiger partial charge in [0.25, 0.3) is 0 Å². The Bertz CT molecular complexity index is 870. The number of pyridine rings is 1. The van der Waals surface area contributed by atoms with E-state index in [2.05, 4.69) is 20.6 Å². The molecule has 10 heteroatoms. The third-order valence-corrected chi connectivity index (χ3v) is 3.54. The molecular formula is C12H12ClN7O2. The molecule has 0 saturated heterocycles. The molecule has 3 heterocycles. The minimum atomic E-state index is -0.455. The van der Waals surface area contributed by atoms with Crippen molar-refractivity contribution in [3.8, 4) is 0 Å². The van der Waals surface area contributed by atoms with E-state index >= 15 is 0 Å². The highest BCUT2D eigenvalue weighted by molar-refractivity contribution is 6.33. The molecule has 0 aliphatic heterocycles. The van der Waals surface area contributed by atoms with Crippen LogP contribution in [0.25, 0.3) is 5.65 Å². The number of hydrogen-bond donors (Lipinski definition) is 1. The topological polar surface area (TPSA) is 103 Å². The molecule has 0 unspecified atom stereocenters. The first-order valence-corrected chi connectivity index (χ1v) is 6.77. The number of anilines is 1. The van der Waals surface area contributed by atoms with Gasteiger partial charge in [0.15, 0.2) is 11.5 Å². The number of aromatic nitrogens is 5. The van der Waals surface area contributed by atoms with Crippen LogP contribution < -0.4 is 5.32 Å².